The second kappa shape index (κ2) is 6.68. The lowest BCUT2D eigenvalue weighted by Gasteiger charge is -2.22. The Balaban J connectivity index is 2.28. The molecule has 0 unspecified atom stereocenters. The largest absolute Gasteiger partial charge is 0.355 e. The lowest BCUT2D eigenvalue weighted by atomic mass is 10.1. The fraction of sp³-hybridized carbons (Fsp3) is 0.267. The third-order valence-electron chi connectivity index (χ3n) is 3.25. The molecule has 0 atom stereocenters. The van der Waals surface area contributed by atoms with Gasteiger partial charge in [-0.2, -0.15) is 5.26 Å². The molecule has 6 heteroatoms. The van der Waals surface area contributed by atoms with E-state index < -0.39 is 0 Å². The van der Waals surface area contributed by atoms with Crippen LogP contribution in [-0.2, 0) is 13.0 Å². The van der Waals surface area contributed by atoms with Crippen molar-refractivity contribution in [1.82, 2.24) is 9.97 Å². The maximum Gasteiger partial charge on any atom is 0.148 e. The van der Waals surface area contributed by atoms with Gasteiger partial charge in [-0.15, -0.1) is 0 Å². The number of hydrazine groups is 1. The van der Waals surface area contributed by atoms with Gasteiger partial charge in [0.15, 0.2) is 0 Å². The Morgan fingerprint density at radius 3 is 2.86 bits per heavy atom. The number of rotatable bonds is 5. The molecule has 1 aromatic heterocycles. The number of nitrogens with two attached hydrogens (primary N) is 1. The second-order valence-electron chi connectivity index (χ2n) is 4.69. The summed E-state index contributed by atoms with van der Waals surface area (Å²) in [7, 11) is 1.96. The monoisotopic (exact) mass is 282 g/mol. The van der Waals surface area contributed by atoms with Gasteiger partial charge in [-0.25, -0.2) is 15.8 Å². The number of nitrogen functional groups attached to an aromatic ring is 1. The van der Waals surface area contributed by atoms with E-state index in [-0.39, 0.29) is 0 Å². The molecule has 21 heavy (non-hydrogen) atoms. The molecule has 1 heterocycles. The molecule has 0 bridgehead atoms. The lowest BCUT2D eigenvalue weighted by Crippen LogP contribution is -2.21. The number of nitriles is 1. The van der Waals surface area contributed by atoms with Gasteiger partial charge in [0.2, 0.25) is 0 Å². The molecular weight excluding hydrogens is 264 g/mol. The highest BCUT2D eigenvalue weighted by Gasteiger charge is 2.13. The van der Waals surface area contributed by atoms with Crippen LogP contribution in [0.3, 0.4) is 0 Å². The Morgan fingerprint density at radius 2 is 2.19 bits per heavy atom. The van der Waals surface area contributed by atoms with Crippen LogP contribution in [0, 0.1) is 11.3 Å². The quantitative estimate of drug-likeness (QED) is 0.642. The standard InChI is InChI=1S/C15H18N6/c1-3-13-14(20-17)18-10-19-15(13)21(2)9-12-6-4-5-11(7-12)8-16/h4-7,10H,3,9,17H2,1-2H3,(H,18,19,20). The molecule has 3 N–H and O–H groups in total. The smallest absolute Gasteiger partial charge is 0.148 e. The number of nitrogens with zero attached hydrogens (tertiary/aromatic N) is 4. The summed E-state index contributed by atoms with van der Waals surface area (Å²) in [6.45, 7) is 2.69. The van der Waals surface area contributed by atoms with Crippen molar-refractivity contribution in [3.8, 4) is 6.07 Å². The summed E-state index contributed by atoms with van der Waals surface area (Å²) in [5, 5.41) is 8.96. The topological polar surface area (TPSA) is 90.9 Å². The van der Waals surface area contributed by atoms with E-state index in [1.54, 1.807) is 6.07 Å². The van der Waals surface area contributed by atoms with Gasteiger partial charge in [0.05, 0.1) is 11.6 Å². The molecule has 0 aliphatic rings. The Hall–Kier alpha value is -2.65. The van der Waals surface area contributed by atoms with Crippen molar-refractivity contribution in [3.05, 3.63) is 47.3 Å². The molecule has 0 radical (unpaired) electrons. The number of hydrogen-bond acceptors (Lipinski definition) is 6. The summed E-state index contributed by atoms with van der Waals surface area (Å²) in [6.07, 6.45) is 2.27. The first kappa shape index (κ1) is 14.8. The molecule has 0 fully saturated rings. The molecule has 1 aromatic carbocycles. The van der Waals surface area contributed by atoms with E-state index >= 15 is 0 Å². The Kier molecular flexibility index (Phi) is 4.69. The van der Waals surface area contributed by atoms with Gasteiger partial charge in [0, 0.05) is 19.2 Å². The van der Waals surface area contributed by atoms with Crippen LogP contribution in [0.25, 0.3) is 0 Å². The third kappa shape index (κ3) is 3.27. The van der Waals surface area contributed by atoms with Crippen LogP contribution in [0.2, 0.25) is 0 Å². The van der Waals surface area contributed by atoms with Crippen LogP contribution in [0.4, 0.5) is 11.6 Å². The van der Waals surface area contributed by atoms with E-state index in [1.807, 2.05) is 37.1 Å². The van der Waals surface area contributed by atoms with Gasteiger partial charge in [-0.3, -0.25) is 0 Å². The zero-order valence-corrected chi connectivity index (χ0v) is 12.2. The molecular formula is C15H18N6. The molecule has 0 saturated heterocycles. The summed E-state index contributed by atoms with van der Waals surface area (Å²) in [5.74, 6) is 6.97. The summed E-state index contributed by atoms with van der Waals surface area (Å²) in [6, 6.07) is 9.70. The van der Waals surface area contributed by atoms with Crippen LogP contribution in [-0.4, -0.2) is 17.0 Å². The minimum Gasteiger partial charge on any atom is -0.355 e. The number of aromatic nitrogens is 2. The van der Waals surface area contributed by atoms with E-state index in [2.05, 4.69) is 21.5 Å². The second-order valence-corrected chi connectivity index (χ2v) is 4.69. The molecule has 2 rings (SSSR count). The van der Waals surface area contributed by atoms with E-state index in [0.29, 0.717) is 17.9 Å². The molecule has 0 aliphatic carbocycles. The molecule has 0 spiro atoms. The highest BCUT2D eigenvalue weighted by atomic mass is 15.3. The number of nitrogens with one attached hydrogen (secondary N) is 1. The maximum absolute atomic E-state index is 8.96. The van der Waals surface area contributed by atoms with Gasteiger partial charge in [0.25, 0.3) is 0 Å². The average Bonchev–Trinajstić information content (AvgIpc) is 2.53. The summed E-state index contributed by atoms with van der Waals surface area (Å²) in [5.41, 5.74) is 5.29. The van der Waals surface area contributed by atoms with E-state index in [9.17, 15) is 0 Å². The predicted octanol–water partition coefficient (Wildman–Crippen LogP) is 1.83. The van der Waals surface area contributed by atoms with Crippen molar-refractivity contribution < 1.29 is 0 Å². The van der Waals surface area contributed by atoms with Crippen LogP contribution in [0.15, 0.2) is 30.6 Å². The average molecular weight is 282 g/mol. The molecule has 0 aliphatic heterocycles. The van der Waals surface area contributed by atoms with Crippen molar-refractivity contribution in [3.63, 3.8) is 0 Å². The van der Waals surface area contributed by atoms with E-state index in [4.69, 9.17) is 11.1 Å². The van der Waals surface area contributed by atoms with Gasteiger partial charge in [0.1, 0.15) is 18.0 Å². The van der Waals surface area contributed by atoms with Crippen molar-refractivity contribution in [2.75, 3.05) is 17.4 Å². The zero-order valence-electron chi connectivity index (χ0n) is 12.2. The first-order valence-corrected chi connectivity index (χ1v) is 6.70. The lowest BCUT2D eigenvalue weighted by molar-refractivity contribution is 0.870. The molecule has 0 saturated carbocycles. The molecule has 6 nitrogen and oxygen atoms in total. The maximum atomic E-state index is 8.96. The van der Waals surface area contributed by atoms with Crippen molar-refractivity contribution in [1.29, 1.82) is 5.26 Å². The van der Waals surface area contributed by atoms with Gasteiger partial charge in [-0.05, 0) is 24.1 Å². The molecule has 0 amide bonds. The summed E-state index contributed by atoms with van der Waals surface area (Å²) >= 11 is 0. The van der Waals surface area contributed by atoms with E-state index in [1.165, 1.54) is 6.33 Å². The first-order valence-electron chi connectivity index (χ1n) is 6.70. The van der Waals surface area contributed by atoms with E-state index in [0.717, 1.165) is 23.4 Å². The number of hydrogen-bond donors (Lipinski definition) is 2. The first-order chi connectivity index (χ1) is 10.2. The summed E-state index contributed by atoms with van der Waals surface area (Å²) < 4.78 is 0. The van der Waals surface area contributed by atoms with Gasteiger partial charge in [-0.1, -0.05) is 19.1 Å². The van der Waals surface area contributed by atoms with Crippen molar-refractivity contribution in [2.24, 2.45) is 5.84 Å². The zero-order chi connectivity index (χ0) is 15.2. The summed E-state index contributed by atoms with van der Waals surface area (Å²) in [4.78, 5) is 10.5. The van der Waals surface area contributed by atoms with Crippen LogP contribution in [0.5, 0.6) is 0 Å². The van der Waals surface area contributed by atoms with Crippen molar-refractivity contribution >= 4 is 11.6 Å². The third-order valence-corrected chi connectivity index (χ3v) is 3.25. The molecule has 108 valence electrons. The Morgan fingerprint density at radius 1 is 1.38 bits per heavy atom. The predicted molar refractivity (Wildman–Crippen MR) is 82.5 cm³/mol. The Labute approximate surface area is 124 Å². The molecule has 2 aromatic rings. The van der Waals surface area contributed by atoms with Gasteiger partial charge >= 0.3 is 0 Å². The van der Waals surface area contributed by atoms with Crippen LogP contribution >= 0.6 is 0 Å². The highest BCUT2D eigenvalue weighted by molar-refractivity contribution is 5.58. The highest BCUT2D eigenvalue weighted by Crippen LogP contribution is 2.23. The number of benzene rings is 1. The van der Waals surface area contributed by atoms with Crippen LogP contribution in [0.1, 0.15) is 23.6 Å². The number of anilines is 2. The fourth-order valence-corrected chi connectivity index (χ4v) is 2.27. The van der Waals surface area contributed by atoms with Crippen molar-refractivity contribution in [2.45, 2.75) is 19.9 Å². The fourth-order valence-electron chi connectivity index (χ4n) is 2.27. The normalized spacial score (nSPS) is 10.0. The minimum atomic E-state index is 0.639. The minimum absolute atomic E-state index is 0.639. The SMILES string of the molecule is CCc1c(NN)ncnc1N(C)Cc1cccc(C#N)c1. The van der Waals surface area contributed by atoms with Crippen LogP contribution < -0.4 is 16.2 Å². The van der Waals surface area contributed by atoms with Gasteiger partial charge < -0.3 is 10.3 Å². The Bertz CT molecular complexity index is 661.